The molecule has 0 aliphatic carbocycles. The number of hydrogen-bond acceptors (Lipinski definition) is 5. The molecular formula is C28H37ClN2O4. The zero-order chi connectivity index (χ0) is 24.9. The number of benzene rings is 2. The highest BCUT2D eigenvalue weighted by atomic mass is 35.5. The Morgan fingerprint density at radius 1 is 1.26 bits per heavy atom. The first-order chi connectivity index (χ1) is 16.9. The summed E-state index contributed by atoms with van der Waals surface area (Å²) in [6, 6.07) is 10.1. The average Bonchev–Trinajstić information content (AvgIpc) is 3.14. The zero-order valence-electron chi connectivity index (χ0n) is 21.3. The van der Waals surface area contributed by atoms with Gasteiger partial charge in [-0.2, -0.15) is 0 Å². The topological polar surface area (TPSA) is 51.2 Å². The van der Waals surface area contributed by atoms with Crippen molar-refractivity contribution in [3.63, 3.8) is 0 Å². The number of rotatable bonds is 8. The summed E-state index contributed by atoms with van der Waals surface area (Å²) in [5, 5.41) is 0.537. The van der Waals surface area contributed by atoms with Gasteiger partial charge in [0.2, 0.25) is 5.91 Å². The molecule has 7 heteroatoms. The molecule has 190 valence electrons. The van der Waals surface area contributed by atoms with Crippen molar-refractivity contribution in [3.05, 3.63) is 52.0 Å². The molecule has 1 atom stereocenters. The number of hydrogen-bond donors (Lipinski definition) is 0. The van der Waals surface area contributed by atoms with Crippen LogP contribution in [0.1, 0.15) is 43.4 Å². The van der Waals surface area contributed by atoms with Gasteiger partial charge in [-0.05, 0) is 49.1 Å². The highest BCUT2D eigenvalue weighted by molar-refractivity contribution is 6.32. The van der Waals surface area contributed by atoms with Gasteiger partial charge in [-0.15, -0.1) is 0 Å². The SMILES string of the molecule is COc1c(C)cccc1CN1CC[C@@H](C(=O)N(Cc2cc(Cl)c3c(c2)OCCCO3)CC(C)C)C1. The van der Waals surface area contributed by atoms with Crippen LogP contribution in [0.4, 0.5) is 0 Å². The summed E-state index contributed by atoms with van der Waals surface area (Å²) in [4.78, 5) is 18.0. The second-order valence-electron chi connectivity index (χ2n) is 10.1. The second-order valence-corrected chi connectivity index (χ2v) is 10.5. The first kappa shape index (κ1) is 25.6. The van der Waals surface area contributed by atoms with Crippen LogP contribution in [-0.2, 0) is 17.9 Å². The molecule has 0 saturated carbocycles. The number of fused-ring (bicyclic) bond motifs is 1. The smallest absolute Gasteiger partial charge is 0.227 e. The summed E-state index contributed by atoms with van der Waals surface area (Å²) in [6.45, 7) is 11.2. The normalized spacial score (nSPS) is 17.9. The van der Waals surface area contributed by atoms with Gasteiger partial charge < -0.3 is 19.1 Å². The largest absolute Gasteiger partial charge is 0.496 e. The number of nitrogens with zero attached hydrogens (tertiary/aromatic N) is 2. The quantitative estimate of drug-likeness (QED) is 0.490. The molecule has 35 heavy (non-hydrogen) atoms. The maximum absolute atomic E-state index is 13.7. The number of carbonyl (C=O) groups is 1. The third-order valence-electron chi connectivity index (χ3n) is 6.65. The Labute approximate surface area is 214 Å². The van der Waals surface area contributed by atoms with Crippen molar-refractivity contribution in [3.8, 4) is 17.2 Å². The van der Waals surface area contributed by atoms with Crippen LogP contribution in [0.5, 0.6) is 17.2 Å². The molecule has 0 spiro atoms. The van der Waals surface area contributed by atoms with E-state index in [0.717, 1.165) is 49.4 Å². The predicted molar refractivity (Wildman–Crippen MR) is 138 cm³/mol. The van der Waals surface area contributed by atoms with E-state index in [1.807, 2.05) is 17.0 Å². The Morgan fingerprint density at radius 3 is 2.83 bits per heavy atom. The number of amides is 1. The molecule has 4 rings (SSSR count). The molecule has 2 aliphatic heterocycles. The Balaban J connectivity index is 1.46. The van der Waals surface area contributed by atoms with Crippen molar-refractivity contribution in [2.75, 3.05) is 40.0 Å². The van der Waals surface area contributed by atoms with E-state index < -0.39 is 0 Å². The molecule has 2 aromatic rings. The summed E-state index contributed by atoms with van der Waals surface area (Å²) in [5.74, 6) is 2.77. The third-order valence-corrected chi connectivity index (χ3v) is 6.93. The fourth-order valence-corrected chi connectivity index (χ4v) is 5.36. The van der Waals surface area contributed by atoms with Crippen molar-refractivity contribution in [2.24, 2.45) is 11.8 Å². The molecule has 2 aromatic carbocycles. The van der Waals surface area contributed by atoms with Gasteiger partial charge in [-0.1, -0.05) is 43.6 Å². The number of methoxy groups -OCH3 is 1. The Hall–Kier alpha value is -2.44. The van der Waals surface area contributed by atoms with Crippen LogP contribution in [-0.4, -0.2) is 55.7 Å². The van der Waals surface area contributed by atoms with Crippen LogP contribution < -0.4 is 14.2 Å². The predicted octanol–water partition coefficient (Wildman–Crippen LogP) is 5.33. The average molecular weight is 501 g/mol. The first-order valence-electron chi connectivity index (χ1n) is 12.6. The highest BCUT2D eigenvalue weighted by Crippen LogP contribution is 2.38. The van der Waals surface area contributed by atoms with Gasteiger partial charge in [0.15, 0.2) is 11.5 Å². The lowest BCUT2D eigenvalue weighted by molar-refractivity contribution is -0.136. The zero-order valence-corrected chi connectivity index (χ0v) is 22.1. The molecule has 1 amide bonds. The number of halogens is 1. The lowest BCUT2D eigenvalue weighted by Crippen LogP contribution is -2.39. The summed E-state index contributed by atoms with van der Waals surface area (Å²) < 4.78 is 17.3. The number of para-hydroxylation sites is 1. The van der Waals surface area contributed by atoms with E-state index in [0.29, 0.717) is 48.7 Å². The van der Waals surface area contributed by atoms with Gasteiger partial charge >= 0.3 is 0 Å². The van der Waals surface area contributed by atoms with Crippen molar-refractivity contribution in [2.45, 2.75) is 46.7 Å². The molecule has 0 N–H and O–H groups in total. The van der Waals surface area contributed by atoms with Crippen LogP contribution in [0.15, 0.2) is 30.3 Å². The molecule has 0 aromatic heterocycles. The van der Waals surface area contributed by atoms with E-state index in [1.54, 1.807) is 7.11 Å². The fraction of sp³-hybridized carbons (Fsp3) is 0.536. The molecule has 2 aliphatic rings. The number of ether oxygens (including phenoxy) is 3. The minimum absolute atomic E-state index is 0.0135. The number of carbonyl (C=O) groups excluding carboxylic acids is 1. The maximum atomic E-state index is 13.7. The Morgan fingerprint density at radius 2 is 2.06 bits per heavy atom. The number of likely N-dealkylation sites (tertiary alicyclic amines) is 1. The lowest BCUT2D eigenvalue weighted by atomic mass is 10.0. The summed E-state index contributed by atoms with van der Waals surface area (Å²) in [5.41, 5.74) is 3.27. The van der Waals surface area contributed by atoms with Crippen molar-refractivity contribution < 1.29 is 19.0 Å². The van der Waals surface area contributed by atoms with Crippen molar-refractivity contribution >= 4 is 17.5 Å². The van der Waals surface area contributed by atoms with Crippen LogP contribution in [0.3, 0.4) is 0 Å². The van der Waals surface area contributed by atoms with Crippen LogP contribution in [0.2, 0.25) is 5.02 Å². The molecule has 1 fully saturated rings. The lowest BCUT2D eigenvalue weighted by Gasteiger charge is -2.28. The molecular weight excluding hydrogens is 464 g/mol. The maximum Gasteiger partial charge on any atom is 0.227 e. The van der Waals surface area contributed by atoms with E-state index in [9.17, 15) is 4.79 Å². The Bertz CT molecular complexity index is 1040. The first-order valence-corrected chi connectivity index (χ1v) is 12.9. The molecule has 0 bridgehead atoms. The summed E-state index contributed by atoms with van der Waals surface area (Å²) >= 11 is 6.52. The summed E-state index contributed by atoms with van der Waals surface area (Å²) in [6.07, 6.45) is 1.69. The monoisotopic (exact) mass is 500 g/mol. The molecule has 1 saturated heterocycles. The van der Waals surface area contributed by atoms with E-state index in [-0.39, 0.29) is 11.8 Å². The number of aryl methyl sites for hydroxylation is 1. The molecule has 6 nitrogen and oxygen atoms in total. The van der Waals surface area contributed by atoms with E-state index >= 15 is 0 Å². The minimum Gasteiger partial charge on any atom is -0.496 e. The van der Waals surface area contributed by atoms with E-state index in [4.69, 9.17) is 25.8 Å². The van der Waals surface area contributed by atoms with Crippen LogP contribution >= 0.6 is 11.6 Å². The van der Waals surface area contributed by atoms with Gasteiger partial charge in [0.1, 0.15) is 5.75 Å². The van der Waals surface area contributed by atoms with Gasteiger partial charge in [-0.3, -0.25) is 9.69 Å². The fourth-order valence-electron chi connectivity index (χ4n) is 5.08. The van der Waals surface area contributed by atoms with Gasteiger partial charge in [0, 0.05) is 38.2 Å². The van der Waals surface area contributed by atoms with Gasteiger partial charge in [0.25, 0.3) is 0 Å². The van der Waals surface area contributed by atoms with Crippen molar-refractivity contribution in [1.29, 1.82) is 0 Å². The standard InChI is InChI=1S/C28H37ClN2O4/c1-19(2)15-31(16-21-13-24(29)27-25(14-21)34-11-6-12-35-27)28(32)23-9-10-30(18-23)17-22-8-5-7-20(3)26(22)33-4/h5,7-8,13-14,19,23H,6,9-12,15-18H2,1-4H3/t23-/m1/s1. The molecule has 2 heterocycles. The van der Waals surface area contributed by atoms with Gasteiger partial charge in [0.05, 0.1) is 31.3 Å². The van der Waals surface area contributed by atoms with Crippen molar-refractivity contribution in [1.82, 2.24) is 9.80 Å². The van der Waals surface area contributed by atoms with Gasteiger partial charge in [-0.25, -0.2) is 0 Å². The van der Waals surface area contributed by atoms with Crippen LogP contribution in [0.25, 0.3) is 0 Å². The minimum atomic E-state index is -0.0135. The van der Waals surface area contributed by atoms with Crippen LogP contribution in [0, 0.1) is 18.8 Å². The van der Waals surface area contributed by atoms with E-state index in [2.05, 4.69) is 43.9 Å². The molecule has 0 radical (unpaired) electrons. The molecule has 0 unspecified atom stereocenters. The summed E-state index contributed by atoms with van der Waals surface area (Å²) in [7, 11) is 1.72. The Kier molecular flexibility index (Phi) is 8.45. The van der Waals surface area contributed by atoms with E-state index in [1.165, 1.54) is 5.56 Å². The third kappa shape index (κ3) is 6.22. The second kappa shape index (κ2) is 11.5. The highest BCUT2D eigenvalue weighted by Gasteiger charge is 2.32.